The predicted molar refractivity (Wildman–Crippen MR) is 140 cm³/mol. The molecule has 0 aliphatic heterocycles. The molecule has 176 valence electrons. The third-order valence-electron chi connectivity index (χ3n) is 6.08. The van der Waals surface area contributed by atoms with Crippen molar-refractivity contribution in [2.75, 3.05) is 19.0 Å². The van der Waals surface area contributed by atoms with E-state index in [-0.39, 0.29) is 28.2 Å². The summed E-state index contributed by atoms with van der Waals surface area (Å²) < 4.78 is 5.57. The maximum absolute atomic E-state index is 13.0. The van der Waals surface area contributed by atoms with Crippen molar-refractivity contribution in [2.24, 2.45) is 0 Å². The Bertz CT molecular complexity index is 1760. The number of nitrogens with zero attached hydrogens (tertiary/aromatic N) is 2. The second kappa shape index (κ2) is 8.93. The van der Waals surface area contributed by atoms with Gasteiger partial charge in [0.05, 0.1) is 11.3 Å². The van der Waals surface area contributed by atoms with Crippen LogP contribution in [-0.2, 0) is 0 Å². The monoisotopic (exact) mass is 475 g/mol. The summed E-state index contributed by atoms with van der Waals surface area (Å²) >= 11 is 0. The van der Waals surface area contributed by atoms with Crippen molar-refractivity contribution in [2.45, 2.75) is 0 Å². The fourth-order valence-corrected chi connectivity index (χ4v) is 4.31. The molecule has 0 radical (unpaired) electrons. The second-order valence-electron chi connectivity index (χ2n) is 8.54. The molecule has 3 aromatic carbocycles. The van der Waals surface area contributed by atoms with Crippen molar-refractivity contribution in [3.8, 4) is 45.3 Å². The van der Waals surface area contributed by atoms with Gasteiger partial charge in [-0.15, -0.1) is 0 Å². The van der Waals surface area contributed by atoms with Crippen LogP contribution in [0.1, 0.15) is 5.56 Å². The molecule has 0 amide bonds. The Kier molecular flexibility index (Phi) is 5.63. The molecule has 5 rings (SSSR count). The predicted octanol–water partition coefficient (Wildman–Crippen LogP) is 5.13. The molecule has 36 heavy (non-hydrogen) atoms. The Hall–Kier alpha value is -5.09. The highest BCUT2D eigenvalue weighted by Gasteiger charge is 2.20. The van der Waals surface area contributed by atoms with Crippen molar-refractivity contribution in [3.63, 3.8) is 0 Å². The Balaban J connectivity index is 1.79. The van der Waals surface area contributed by atoms with Gasteiger partial charge in [0.15, 0.2) is 5.58 Å². The number of phenolic OH excluding ortho intramolecular Hbond substituents is 1. The first-order valence-corrected chi connectivity index (χ1v) is 11.2. The van der Waals surface area contributed by atoms with E-state index in [9.17, 15) is 20.0 Å². The number of hydrogen-bond donors (Lipinski definition) is 2. The van der Waals surface area contributed by atoms with Crippen molar-refractivity contribution < 1.29 is 9.52 Å². The maximum Gasteiger partial charge on any atom is 0.336 e. The zero-order valence-corrected chi connectivity index (χ0v) is 19.6. The molecular formula is C29H21N3O4. The highest BCUT2D eigenvalue weighted by molar-refractivity contribution is 6.02. The van der Waals surface area contributed by atoms with E-state index >= 15 is 0 Å². The molecule has 0 saturated carbocycles. The third-order valence-corrected chi connectivity index (χ3v) is 6.08. The molecule has 0 fully saturated rings. The SMILES string of the molecule is CN(C)c1ccc(-c2cc(-c3c(O)ccc4c(-c5ccccc5)cc(=O)oc34)[nH]c(=O)c2C#N)cc1. The average Bonchev–Trinajstić information content (AvgIpc) is 2.88. The number of rotatable bonds is 4. The zero-order valence-electron chi connectivity index (χ0n) is 19.6. The number of anilines is 1. The van der Waals surface area contributed by atoms with E-state index in [1.807, 2.05) is 79.7 Å². The van der Waals surface area contributed by atoms with E-state index in [1.54, 1.807) is 12.1 Å². The number of pyridine rings is 1. The smallest absolute Gasteiger partial charge is 0.336 e. The van der Waals surface area contributed by atoms with Crippen LogP contribution in [0.2, 0.25) is 0 Å². The minimum Gasteiger partial charge on any atom is -0.507 e. The number of aromatic amines is 1. The molecule has 0 aliphatic carbocycles. The van der Waals surface area contributed by atoms with Crippen molar-refractivity contribution in [1.29, 1.82) is 5.26 Å². The molecule has 0 unspecified atom stereocenters. The van der Waals surface area contributed by atoms with Gasteiger partial charge < -0.3 is 19.4 Å². The van der Waals surface area contributed by atoms with Crippen LogP contribution in [-0.4, -0.2) is 24.2 Å². The van der Waals surface area contributed by atoms with Crippen LogP contribution in [0.4, 0.5) is 5.69 Å². The first-order valence-electron chi connectivity index (χ1n) is 11.2. The highest BCUT2D eigenvalue weighted by Crippen LogP contribution is 2.39. The molecule has 0 aliphatic rings. The fraction of sp³-hybridized carbons (Fsp3) is 0.0690. The summed E-state index contributed by atoms with van der Waals surface area (Å²) in [5.41, 5.74) is 2.73. The van der Waals surface area contributed by atoms with Crippen molar-refractivity contribution in [3.05, 3.63) is 105 Å². The van der Waals surface area contributed by atoms with Gasteiger partial charge in [-0.1, -0.05) is 42.5 Å². The molecule has 0 bridgehead atoms. The van der Waals surface area contributed by atoms with E-state index in [2.05, 4.69) is 4.98 Å². The first kappa shape index (κ1) is 22.7. The first-order chi connectivity index (χ1) is 17.4. The minimum atomic E-state index is -0.611. The summed E-state index contributed by atoms with van der Waals surface area (Å²) in [5.74, 6) is -0.176. The van der Waals surface area contributed by atoms with E-state index < -0.39 is 11.2 Å². The maximum atomic E-state index is 13.0. The minimum absolute atomic E-state index is 0.0532. The lowest BCUT2D eigenvalue weighted by molar-refractivity contribution is 0.475. The van der Waals surface area contributed by atoms with Crippen LogP contribution < -0.4 is 16.1 Å². The quantitative estimate of drug-likeness (QED) is 0.349. The summed E-state index contributed by atoms with van der Waals surface area (Å²) in [6, 6.07) is 24.9. The molecule has 7 heteroatoms. The molecule has 2 heterocycles. The van der Waals surface area contributed by atoms with Crippen LogP contribution >= 0.6 is 0 Å². The summed E-state index contributed by atoms with van der Waals surface area (Å²) in [5, 5.41) is 21.1. The number of nitrogens with one attached hydrogen (secondary N) is 1. The molecule has 5 aromatic rings. The Labute approximate surface area is 206 Å². The van der Waals surface area contributed by atoms with Crippen LogP contribution in [0.3, 0.4) is 0 Å². The van der Waals surface area contributed by atoms with Gasteiger partial charge in [0.1, 0.15) is 17.4 Å². The van der Waals surface area contributed by atoms with Gasteiger partial charge in [-0.3, -0.25) is 4.79 Å². The van der Waals surface area contributed by atoms with Gasteiger partial charge in [-0.2, -0.15) is 5.26 Å². The summed E-state index contributed by atoms with van der Waals surface area (Å²) in [6.07, 6.45) is 0. The van der Waals surface area contributed by atoms with Gasteiger partial charge in [0.2, 0.25) is 0 Å². The third kappa shape index (κ3) is 3.91. The van der Waals surface area contributed by atoms with Crippen molar-refractivity contribution >= 4 is 16.7 Å². The van der Waals surface area contributed by atoms with Gasteiger partial charge in [-0.05, 0) is 47.0 Å². The highest BCUT2D eigenvalue weighted by atomic mass is 16.4. The fourth-order valence-electron chi connectivity index (χ4n) is 4.31. The van der Waals surface area contributed by atoms with E-state index in [0.29, 0.717) is 22.1 Å². The van der Waals surface area contributed by atoms with E-state index in [0.717, 1.165) is 11.3 Å². The second-order valence-corrected chi connectivity index (χ2v) is 8.54. The standard InChI is InChI=1S/C29H21N3O4/c1-32(2)19-10-8-18(9-11-19)21-14-24(31-29(35)23(21)16-30)27-25(33)13-12-20-22(15-26(34)36-28(20)27)17-6-4-3-5-7-17/h3-15,33H,1-2H3,(H,31,35). The number of aromatic nitrogens is 1. The lowest BCUT2D eigenvalue weighted by atomic mass is 9.96. The number of fused-ring (bicyclic) bond motifs is 1. The number of benzene rings is 3. The van der Waals surface area contributed by atoms with Gasteiger partial charge >= 0.3 is 5.63 Å². The van der Waals surface area contributed by atoms with Crippen LogP contribution in [0.25, 0.3) is 44.5 Å². The van der Waals surface area contributed by atoms with Crippen LogP contribution in [0.15, 0.2) is 92.9 Å². The molecule has 0 spiro atoms. The lowest BCUT2D eigenvalue weighted by Gasteiger charge is -2.14. The number of phenols is 1. The van der Waals surface area contributed by atoms with Gasteiger partial charge in [0.25, 0.3) is 5.56 Å². The van der Waals surface area contributed by atoms with E-state index in [1.165, 1.54) is 12.1 Å². The Morgan fingerprint density at radius 2 is 1.58 bits per heavy atom. The van der Waals surface area contributed by atoms with Crippen molar-refractivity contribution in [1.82, 2.24) is 4.98 Å². The van der Waals surface area contributed by atoms with E-state index in [4.69, 9.17) is 4.42 Å². The number of H-pyrrole nitrogens is 1. The average molecular weight is 476 g/mol. The molecule has 0 atom stereocenters. The molecule has 7 nitrogen and oxygen atoms in total. The molecule has 0 saturated heterocycles. The van der Waals surface area contributed by atoms with Gasteiger partial charge in [0, 0.05) is 36.8 Å². The number of hydrogen-bond acceptors (Lipinski definition) is 6. The van der Waals surface area contributed by atoms with Crippen LogP contribution in [0.5, 0.6) is 5.75 Å². The van der Waals surface area contributed by atoms with Gasteiger partial charge in [-0.25, -0.2) is 4.79 Å². The molecule has 2 N–H and O–H groups in total. The lowest BCUT2D eigenvalue weighted by Crippen LogP contribution is -2.13. The molecule has 2 aromatic heterocycles. The summed E-state index contributed by atoms with van der Waals surface area (Å²) in [4.78, 5) is 30.1. The Morgan fingerprint density at radius 3 is 2.25 bits per heavy atom. The summed E-state index contributed by atoms with van der Waals surface area (Å²) in [6.45, 7) is 0. The number of nitriles is 1. The molecular weight excluding hydrogens is 454 g/mol. The summed E-state index contributed by atoms with van der Waals surface area (Å²) in [7, 11) is 3.84. The Morgan fingerprint density at radius 1 is 0.889 bits per heavy atom. The van der Waals surface area contributed by atoms with Crippen LogP contribution in [0, 0.1) is 11.3 Å². The largest absolute Gasteiger partial charge is 0.507 e. The number of aromatic hydroxyl groups is 1. The zero-order chi connectivity index (χ0) is 25.4. The topological polar surface area (TPSA) is 110 Å². The normalized spacial score (nSPS) is 10.8.